The molecule has 0 amide bonds. The fourth-order valence-corrected chi connectivity index (χ4v) is 2.26. The topological polar surface area (TPSA) is 75.9 Å². The van der Waals surface area contributed by atoms with Gasteiger partial charge in [0.1, 0.15) is 5.82 Å². The van der Waals surface area contributed by atoms with E-state index in [0.717, 1.165) is 14.6 Å². The first-order valence-electron chi connectivity index (χ1n) is 5.12. The number of hydrogen-bond donors (Lipinski definition) is 3. The average molecular weight is 373 g/mol. The molecule has 0 aliphatic rings. The molecular formula is C11H11Br2N5. The molecule has 0 fully saturated rings. The van der Waals surface area contributed by atoms with Crippen LogP contribution in [0.2, 0.25) is 0 Å². The second-order valence-corrected chi connectivity index (χ2v) is 5.35. The first kappa shape index (κ1) is 13.3. The summed E-state index contributed by atoms with van der Waals surface area (Å²) >= 11 is 6.89. The summed E-state index contributed by atoms with van der Waals surface area (Å²) in [5, 5.41) is 3.20. The molecule has 2 rings (SSSR count). The standard InChI is InChI=1S/C11H11Br2N5/c1-6-2-3-9(7(12)4-6)16-10-8(13)5-15-11(17-10)18-14/h2-5H,14H2,1H3,(H2,15,16,17,18). The number of hydrazine groups is 1. The smallest absolute Gasteiger partial charge is 0.239 e. The molecule has 0 saturated carbocycles. The normalized spacial score (nSPS) is 10.2. The molecule has 1 heterocycles. The SMILES string of the molecule is Cc1ccc(Nc2nc(NN)ncc2Br)c(Br)c1. The van der Waals surface area contributed by atoms with Gasteiger partial charge in [0, 0.05) is 10.7 Å². The quantitative estimate of drug-likeness (QED) is 0.569. The molecule has 1 aromatic carbocycles. The zero-order valence-electron chi connectivity index (χ0n) is 9.54. The number of rotatable bonds is 3. The van der Waals surface area contributed by atoms with E-state index < -0.39 is 0 Å². The van der Waals surface area contributed by atoms with Crippen molar-refractivity contribution in [3.8, 4) is 0 Å². The Bertz CT molecular complexity index is 573. The third-order valence-electron chi connectivity index (χ3n) is 2.25. The van der Waals surface area contributed by atoms with Crippen LogP contribution in [0.15, 0.2) is 33.3 Å². The van der Waals surface area contributed by atoms with E-state index in [9.17, 15) is 0 Å². The third-order valence-corrected chi connectivity index (χ3v) is 3.49. The molecule has 0 radical (unpaired) electrons. The predicted molar refractivity (Wildman–Crippen MR) is 79.7 cm³/mol. The molecule has 0 unspecified atom stereocenters. The van der Waals surface area contributed by atoms with Gasteiger partial charge in [0.2, 0.25) is 5.95 Å². The van der Waals surface area contributed by atoms with E-state index in [-0.39, 0.29) is 0 Å². The second kappa shape index (κ2) is 5.64. The maximum atomic E-state index is 5.28. The summed E-state index contributed by atoms with van der Waals surface area (Å²) in [6.45, 7) is 2.03. The van der Waals surface area contributed by atoms with Crippen LogP contribution in [-0.4, -0.2) is 9.97 Å². The van der Waals surface area contributed by atoms with Crippen molar-refractivity contribution in [2.45, 2.75) is 6.92 Å². The number of benzene rings is 1. The third kappa shape index (κ3) is 2.98. The van der Waals surface area contributed by atoms with Crippen LogP contribution in [-0.2, 0) is 0 Å². The molecule has 5 nitrogen and oxygen atoms in total. The predicted octanol–water partition coefficient (Wildman–Crippen LogP) is 3.34. The Morgan fingerprint density at radius 1 is 1.22 bits per heavy atom. The molecule has 7 heteroatoms. The van der Waals surface area contributed by atoms with Gasteiger partial charge in [-0.3, -0.25) is 5.43 Å². The van der Waals surface area contributed by atoms with Crippen molar-refractivity contribution >= 4 is 49.3 Å². The summed E-state index contributed by atoms with van der Waals surface area (Å²) in [5.74, 6) is 6.28. The number of halogens is 2. The lowest BCUT2D eigenvalue weighted by molar-refractivity contribution is 1.11. The van der Waals surface area contributed by atoms with Gasteiger partial charge in [-0.05, 0) is 56.5 Å². The van der Waals surface area contributed by atoms with Crippen LogP contribution in [0.4, 0.5) is 17.5 Å². The Hall–Kier alpha value is -1.18. The van der Waals surface area contributed by atoms with Crippen molar-refractivity contribution in [1.29, 1.82) is 0 Å². The summed E-state index contributed by atoms with van der Waals surface area (Å²) in [7, 11) is 0. The van der Waals surface area contributed by atoms with Crippen LogP contribution < -0.4 is 16.6 Å². The van der Waals surface area contributed by atoms with Crippen LogP contribution in [0.3, 0.4) is 0 Å². The maximum absolute atomic E-state index is 5.28. The van der Waals surface area contributed by atoms with Crippen molar-refractivity contribution in [1.82, 2.24) is 9.97 Å². The largest absolute Gasteiger partial charge is 0.338 e. The first-order chi connectivity index (χ1) is 8.60. The van der Waals surface area contributed by atoms with Crippen molar-refractivity contribution in [3.05, 3.63) is 38.9 Å². The van der Waals surface area contributed by atoms with Crippen molar-refractivity contribution in [3.63, 3.8) is 0 Å². The molecule has 0 bridgehead atoms. The lowest BCUT2D eigenvalue weighted by Crippen LogP contribution is -2.11. The molecule has 2 aromatic rings. The van der Waals surface area contributed by atoms with Gasteiger partial charge >= 0.3 is 0 Å². The van der Waals surface area contributed by atoms with E-state index >= 15 is 0 Å². The number of nitrogen functional groups attached to an aromatic ring is 1. The van der Waals surface area contributed by atoms with Gasteiger partial charge in [0.25, 0.3) is 0 Å². The minimum absolute atomic E-state index is 0.351. The summed E-state index contributed by atoms with van der Waals surface area (Å²) in [6, 6.07) is 6.02. The van der Waals surface area contributed by atoms with Gasteiger partial charge in [0.05, 0.1) is 10.2 Å². The Balaban J connectivity index is 2.33. The zero-order chi connectivity index (χ0) is 13.1. The highest BCUT2D eigenvalue weighted by Gasteiger charge is 2.07. The van der Waals surface area contributed by atoms with Gasteiger partial charge in [-0.1, -0.05) is 6.07 Å². The van der Waals surface area contributed by atoms with E-state index in [2.05, 4.69) is 52.6 Å². The van der Waals surface area contributed by atoms with Crippen LogP contribution in [0, 0.1) is 6.92 Å². The summed E-state index contributed by atoms with van der Waals surface area (Å²) in [5.41, 5.74) is 4.51. The Morgan fingerprint density at radius 3 is 2.67 bits per heavy atom. The minimum atomic E-state index is 0.351. The molecule has 1 aromatic heterocycles. The lowest BCUT2D eigenvalue weighted by atomic mass is 10.2. The Kier molecular flexibility index (Phi) is 4.15. The molecule has 0 aliphatic heterocycles. The molecule has 4 N–H and O–H groups in total. The molecule has 94 valence electrons. The number of aryl methyl sites for hydroxylation is 1. The number of nitrogens with zero attached hydrogens (tertiary/aromatic N) is 2. The highest BCUT2D eigenvalue weighted by atomic mass is 79.9. The Morgan fingerprint density at radius 2 is 2.00 bits per heavy atom. The first-order valence-corrected chi connectivity index (χ1v) is 6.71. The lowest BCUT2D eigenvalue weighted by Gasteiger charge is -2.10. The summed E-state index contributed by atoms with van der Waals surface area (Å²) in [4.78, 5) is 8.21. The highest BCUT2D eigenvalue weighted by Crippen LogP contribution is 2.29. The molecular weight excluding hydrogens is 362 g/mol. The summed E-state index contributed by atoms with van der Waals surface area (Å²) in [6.07, 6.45) is 1.63. The Labute approximate surface area is 121 Å². The zero-order valence-corrected chi connectivity index (χ0v) is 12.7. The second-order valence-electron chi connectivity index (χ2n) is 3.64. The fraction of sp³-hybridized carbons (Fsp3) is 0.0909. The molecule has 0 aliphatic carbocycles. The van der Waals surface area contributed by atoms with Gasteiger partial charge in [0.15, 0.2) is 0 Å². The number of nitrogens with two attached hydrogens (primary N) is 1. The molecule has 0 saturated heterocycles. The number of aromatic nitrogens is 2. The van der Waals surface area contributed by atoms with Crippen LogP contribution in [0.25, 0.3) is 0 Å². The van der Waals surface area contributed by atoms with Crippen LogP contribution in [0.1, 0.15) is 5.56 Å². The van der Waals surface area contributed by atoms with Gasteiger partial charge in [-0.2, -0.15) is 4.98 Å². The molecule has 0 atom stereocenters. The maximum Gasteiger partial charge on any atom is 0.239 e. The fourth-order valence-electron chi connectivity index (χ4n) is 1.37. The van der Waals surface area contributed by atoms with E-state index in [1.165, 1.54) is 5.56 Å². The molecule has 18 heavy (non-hydrogen) atoms. The van der Waals surface area contributed by atoms with E-state index in [1.54, 1.807) is 6.20 Å². The van der Waals surface area contributed by atoms with Gasteiger partial charge < -0.3 is 5.32 Å². The monoisotopic (exact) mass is 371 g/mol. The number of hydrogen-bond acceptors (Lipinski definition) is 5. The van der Waals surface area contributed by atoms with Crippen LogP contribution >= 0.6 is 31.9 Å². The van der Waals surface area contributed by atoms with Crippen molar-refractivity contribution in [2.75, 3.05) is 10.7 Å². The van der Waals surface area contributed by atoms with E-state index in [4.69, 9.17) is 5.84 Å². The van der Waals surface area contributed by atoms with Gasteiger partial charge in [-0.25, -0.2) is 10.8 Å². The van der Waals surface area contributed by atoms with Crippen molar-refractivity contribution < 1.29 is 0 Å². The van der Waals surface area contributed by atoms with Crippen molar-refractivity contribution in [2.24, 2.45) is 5.84 Å². The van der Waals surface area contributed by atoms with Crippen LogP contribution in [0.5, 0.6) is 0 Å². The number of anilines is 3. The molecule has 0 spiro atoms. The van der Waals surface area contributed by atoms with E-state index in [1.807, 2.05) is 25.1 Å². The number of nitrogens with one attached hydrogen (secondary N) is 2. The highest BCUT2D eigenvalue weighted by molar-refractivity contribution is 9.11. The van der Waals surface area contributed by atoms with E-state index in [0.29, 0.717) is 11.8 Å². The summed E-state index contributed by atoms with van der Waals surface area (Å²) < 4.78 is 1.73. The van der Waals surface area contributed by atoms with Gasteiger partial charge in [-0.15, -0.1) is 0 Å². The minimum Gasteiger partial charge on any atom is -0.338 e. The average Bonchev–Trinajstić information content (AvgIpc) is 2.35.